The number of nitrogens with one attached hydrogen (secondary N) is 1. The second-order valence-electron chi connectivity index (χ2n) is 4.57. The van der Waals surface area contributed by atoms with Crippen LogP contribution in [0.3, 0.4) is 0 Å². The quantitative estimate of drug-likeness (QED) is 0.793. The lowest BCUT2D eigenvalue weighted by Gasteiger charge is -2.11. The van der Waals surface area contributed by atoms with Gasteiger partial charge in [-0.3, -0.25) is 9.36 Å². The molecule has 0 fully saturated rings. The second-order valence-corrected chi connectivity index (χ2v) is 5.43. The number of benzene rings is 1. The van der Waals surface area contributed by atoms with Crippen LogP contribution in [0.15, 0.2) is 51.9 Å². The highest BCUT2D eigenvalue weighted by Gasteiger charge is 2.08. The molecule has 0 saturated heterocycles. The Morgan fingerprint density at radius 1 is 1.24 bits per heavy atom. The standard InChI is InChI=1S/C15H13BrN4O/c1-17-15-18-8-10-6-7-13(21)20(14(10)19-15)9-11-4-2-3-5-12(11)16/h2-8H,9H2,1H3,(H,17,18,19). The summed E-state index contributed by atoms with van der Waals surface area (Å²) in [6.45, 7) is 0.456. The number of rotatable bonds is 3. The third kappa shape index (κ3) is 2.67. The van der Waals surface area contributed by atoms with E-state index in [-0.39, 0.29) is 5.56 Å². The lowest BCUT2D eigenvalue weighted by molar-refractivity contribution is 0.779. The molecule has 0 aliphatic carbocycles. The van der Waals surface area contributed by atoms with Crippen molar-refractivity contribution < 1.29 is 0 Å². The maximum absolute atomic E-state index is 12.2. The van der Waals surface area contributed by atoms with Gasteiger partial charge in [-0.15, -0.1) is 0 Å². The zero-order chi connectivity index (χ0) is 14.8. The number of hydrogen-bond acceptors (Lipinski definition) is 4. The molecule has 0 amide bonds. The van der Waals surface area contributed by atoms with Crippen LogP contribution in [0.1, 0.15) is 5.56 Å². The summed E-state index contributed by atoms with van der Waals surface area (Å²) in [7, 11) is 1.75. The highest BCUT2D eigenvalue weighted by Crippen LogP contribution is 2.18. The molecule has 2 aromatic heterocycles. The number of fused-ring (bicyclic) bond motifs is 1. The third-order valence-electron chi connectivity index (χ3n) is 3.23. The third-order valence-corrected chi connectivity index (χ3v) is 4.01. The molecular formula is C15H13BrN4O. The monoisotopic (exact) mass is 344 g/mol. The van der Waals surface area contributed by atoms with Crippen LogP contribution in [0.2, 0.25) is 0 Å². The Hall–Kier alpha value is -2.21. The molecular weight excluding hydrogens is 332 g/mol. The maximum Gasteiger partial charge on any atom is 0.252 e. The summed E-state index contributed by atoms with van der Waals surface area (Å²) in [5.74, 6) is 0.494. The fraction of sp³-hybridized carbons (Fsp3) is 0.133. The Balaban J connectivity index is 2.19. The van der Waals surface area contributed by atoms with Gasteiger partial charge in [0.1, 0.15) is 5.65 Å². The van der Waals surface area contributed by atoms with E-state index in [9.17, 15) is 4.79 Å². The first kappa shape index (κ1) is 13.8. The normalized spacial score (nSPS) is 10.8. The van der Waals surface area contributed by atoms with E-state index in [0.29, 0.717) is 18.1 Å². The van der Waals surface area contributed by atoms with Crippen LogP contribution in [0.25, 0.3) is 11.0 Å². The van der Waals surface area contributed by atoms with Crippen LogP contribution in [-0.2, 0) is 6.54 Å². The topological polar surface area (TPSA) is 59.8 Å². The molecule has 1 N–H and O–H groups in total. The van der Waals surface area contributed by atoms with E-state index in [4.69, 9.17) is 0 Å². The summed E-state index contributed by atoms with van der Waals surface area (Å²) < 4.78 is 2.62. The Labute approximate surface area is 129 Å². The van der Waals surface area contributed by atoms with Gasteiger partial charge in [0.15, 0.2) is 0 Å². The van der Waals surface area contributed by atoms with Gasteiger partial charge in [-0.25, -0.2) is 4.98 Å². The van der Waals surface area contributed by atoms with Gasteiger partial charge in [0.2, 0.25) is 5.95 Å². The van der Waals surface area contributed by atoms with Crippen molar-refractivity contribution in [2.24, 2.45) is 0 Å². The molecule has 0 aliphatic heterocycles. The summed E-state index contributed by atoms with van der Waals surface area (Å²) in [5, 5.41) is 3.73. The number of nitrogens with zero attached hydrogens (tertiary/aromatic N) is 3. The predicted octanol–water partition coefficient (Wildman–Crippen LogP) is 2.64. The van der Waals surface area contributed by atoms with Crippen molar-refractivity contribution >= 4 is 32.9 Å². The number of anilines is 1. The van der Waals surface area contributed by atoms with Gasteiger partial charge in [0.25, 0.3) is 5.56 Å². The van der Waals surface area contributed by atoms with Crippen molar-refractivity contribution in [2.75, 3.05) is 12.4 Å². The molecule has 0 atom stereocenters. The number of aromatic nitrogens is 3. The Kier molecular flexibility index (Phi) is 3.70. The molecule has 0 bridgehead atoms. The molecule has 3 rings (SSSR count). The Bertz CT molecular complexity index is 860. The van der Waals surface area contributed by atoms with Crippen molar-refractivity contribution in [3.8, 4) is 0 Å². The van der Waals surface area contributed by atoms with E-state index in [0.717, 1.165) is 15.4 Å². The smallest absolute Gasteiger partial charge is 0.252 e. The van der Waals surface area contributed by atoms with Crippen molar-refractivity contribution in [1.29, 1.82) is 0 Å². The Morgan fingerprint density at radius 3 is 2.81 bits per heavy atom. The second kappa shape index (κ2) is 5.65. The van der Waals surface area contributed by atoms with Crippen LogP contribution in [0, 0.1) is 0 Å². The first-order valence-electron chi connectivity index (χ1n) is 6.47. The first-order chi connectivity index (χ1) is 10.2. The number of hydrogen-bond donors (Lipinski definition) is 1. The SMILES string of the molecule is CNc1ncc2ccc(=O)n(Cc3ccccc3Br)c2n1. The Morgan fingerprint density at radius 2 is 2.05 bits per heavy atom. The number of pyridine rings is 1. The lowest BCUT2D eigenvalue weighted by atomic mass is 10.2. The van der Waals surface area contributed by atoms with Crippen molar-refractivity contribution in [1.82, 2.24) is 14.5 Å². The first-order valence-corrected chi connectivity index (χ1v) is 7.26. The minimum absolute atomic E-state index is 0.0843. The minimum atomic E-state index is -0.0843. The molecule has 5 nitrogen and oxygen atoms in total. The molecule has 0 spiro atoms. The van der Waals surface area contributed by atoms with Crippen LogP contribution >= 0.6 is 15.9 Å². The van der Waals surface area contributed by atoms with Gasteiger partial charge in [-0.2, -0.15) is 4.98 Å². The summed E-state index contributed by atoms with van der Waals surface area (Å²) in [6, 6.07) is 11.1. The maximum atomic E-state index is 12.2. The van der Waals surface area contributed by atoms with E-state index in [2.05, 4.69) is 31.2 Å². The zero-order valence-corrected chi connectivity index (χ0v) is 13.0. The fourth-order valence-corrected chi connectivity index (χ4v) is 2.55. The van der Waals surface area contributed by atoms with Crippen molar-refractivity contribution in [3.05, 3.63) is 63.0 Å². The average molecular weight is 345 g/mol. The van der Waals surface area contributed by atoms with Crippen molar-refractivity contribution in [3.63, 3.8) is 0 Å². The molecule has 2 heterocycles. The molecule has 106 valence electrons. The minimum Gasteiger partial charge on any atom is -0.357 e. The van der Waals surface area contributed by atoms with Gasteiger partial charge in [0.05, 0.1) is 6.54 Å². The molecule has 21 heavy (non-hydrogen) atoms. The molecule has 1 aromatic carbocycles. The number of halogens is 1. The van der Waals surface area contributed by atoms with E-state index in [1.54, 1.807) is 29.9 Å². The molecule has 0 aliphatic rings. The zero-order valence-electron chi connectivity index (χ0n) is 11.4. The fourth-order valence-electron chi connectivity index (χ4n) is 2.14. The highest BCUT2D eigenvalue weighted by molar-refractivity contribution is 9.10. The van der Waals surface area contributed by atoms with Gasteiger partial charge in [-0.1, -0.05) is 34.1 Å². The molecule has 0 unspecified atom stereocenters. The van der Waals surface area contributed by atoms with Crippen LogP contribution in [-0.4, -0.2) is 21.6 Å². The van der Waals surface area contributed by atoms with E-state index >= 15 is 0 Å². The summed E-state index contributed by atoms with van der Waals surface area (Å²) in [6.07, 6.45) is 1.71. The molecule has 6 heteroatoms. The van der Waals surface area contributed by atoms with Crippen molar-refractivity contribution in [2.45, 2.75) is 6.54 Å². The van der Waals surface area contributed by atoms with Gasteiger partial charge in [-0.05, 0) is 17.7 Å². The molecule has 0 saturated carbocycles. The van der Waals surface area contributed by atoms with Crippen LogP contribution < -0.4 is 10.9 Å². The van der Waals surface area contributed by atoms with Gasteiger partial charge in [0, 0.05) is 29.2 Å². The largest absolute Gasteiger partial charge is 0.357 e. The van der Waals surface area contributed by atoms with E-state index in [1.807, 2.05) is 24.3 Å². The van der Waals surface area contributed by atoms with E-state index in [1.165, 1.54) is 0 Å². The van der Waals surface area contributed by atoms with Gasteiger partial charge >= 0.3 is 0 Å². The van der Waals surface area contributed by atoms with E-state index < -0.39 is 0 Å². The highest BCUT2D eigenvalue weighted by atomic mass is 79.9. The molecule has 0 radical (unpaired) electrons. The molecule has 3 aromatic rings. The summed E-state index contributed by atoms with van der Waals surface area (Å²) in [4.78, 5) is 20.8. The van der Waals surface area contributed by atoms with Gasteiger partial charge < -0.3 is 5.32 Å². The summed E-state index contributed by atoms with van der Waals surface area (Å²) >= 11 is 3.51. The average Bonchev–Trinajstić information content (AvgIpc) is 2.51. The van der Waals surface area contributed by atoms with Crippen LogP contribution in [0.4, 0.5) is 5.95 Å². The van der Waals surface area contributed by atoms with Crippen LogP contribution in [0.5, 0.6) is 0 Å². The lowest BCUT2D eigenvalue weighted by Crippen LogP contribution is -2.21. The predicted molar refractivity (Wildman–Crippen MR) is 86.6 cm³/mol. The summed E-state index contributed by atoms with van der Waals surface area (Å²) in [5.41, 5.74) is 1.56.